The van der Waals surface area contributed by atoms with Crippen LogP contribution in [0.3, 0.4) is 0 Å². The molecule has 3 nitrogen and oxygen atoms in total. The van der Waals surface area contributed by atoms with E-state index in [1.165, 1.54) is 6.42 Å². The van der Waals surface area contributed by atoms with Crippen molar-refractivity contribution in [3.63, 3.8) is 0 Å². The zero-order valence-corrected chi connectivity index (χ0v) is 7.82. The molecule has 0 saturated heterocycles. The highest BCUT2D eigenvalue weighted by Gasteiger charge is 2.30. The third-order valence-electron chi connectivity index (χ3n) is 2.60. The molecule has 1 rings (SSSR count). The van der Waals surface area contributed by atoms with Gasteiger partial charge in [0.15, 0.2) is 6.29 Å². The first-order chi connectivity index (χ1) is 5.79. The molecule has 0 radical (unpaired) electrons. The summed E-state index contributed by atoms with van der Waals surface area (Å²) in [6.07, 6.45) is 3.70. The van der Waals surface area contributed by atoms with Gasteiger partial charge in [-0.15, -0.1) is 0 Å². The van der Waals surface area contributed by atoms with Gasteiger partial charge in [-0.25, -0.2) is 0 Å². The quantitative estimate of drug-likeness (QED) is 0.652. The zero-order chi connectivity index (χ0) is 8.97. The largest absolute Gasteiger partial charge is 0.393 e. The highest BCUT2D eigenvalue weighted by atomic mass is 16.7. The van der Waals surface area contributed by atoms with Gasteiger partial charge in [-0.3, -0.25) is 0 Å². The maximum atomic E-state index is 9.64. The lowest BCUT2D eigenvalue weighted by molar-refractivity contribution is -0.168. The minimum Gasteiger partial charge on any atom is -0.393 e. The lowest BCUT2D eigenvalue weighted by Crippen LogP contribution is -2.36. The van der Waals surface area contributed by atoms with Crippen LogP contribution < -0.4 is 0 Å². The zero-order valence-electron chi connectivity index (χ0n) is 7.82. The van der Waals surface area contributed by atoms with Crippen LogP contribution in [0.25, 0.3) is 0 Å². The van der Waals surface area contributed by atoms with Crippen molar-refractivity contribution in [2.24, 2.45) is 5.92 Å². The first-order valence-electron chi connectivity index (χ1n) is 4.53. The van der Waals surface area contributed by atoms with Crippen LogP contribution in [0.5, 0.6) is 0 Å². The lowest BCUT2D eigenvalue weighted by Gasteiger charge is -2.32. The summed E-state index contributed by atoms with van der Waals surface area (Å²) in [5, 5.41) is 9.64. The number of aliphatic hydroxyl groups excluding tert-OH is 1. The molecular formula is C9H18O3. The summed E-state index contributed by atoms with van der Waals surface area (Å²) in [6, 6.07) is 0. The van der Waals surface area contributed by atoms with E-state index < -0.39 is 0 Å². The molecule has 0 aromatic rings. The van der Waals surface area contributed by atoms with Crippen LogP contribution in [0.2, 0.25) is 0 Å². The number of methoxy groups -OCH3 is 2. The predicted molar refractivity (Wildman–Crippen MR) is 45.8 cm³/mol. The molecule has 0 heterocycles. The number of hydrogen-bond acceptors (Lipinski definition) is 3. The third-order valence-corrected chi connectivity index (χ3v) is 2.60. The Hall–Kier alpha value is -0.120. The second-order valence-corrected chi connectivity index (χ2v) is 3.36. The third kappa shape index (κ3) is 2.19. The standard InChI is InChI=1S/C9H18O3/c1-11-9(12-2)7-5-3-4-6-8(7)10/h7-10H,3-6H2,1-2H3/t7-,8-/m0/s1. The monoisotopic (exact) mass is 174 g/mol. The number of ether oxygens (including phenoxy) is 2. The average molecular weight is 174 g/mol. The molecule has 1 saturated carbocycles. The van der Waals surface area contributed by atoms with Crippen molar-refractivity contribution in [3.05, 3.63) is 0 Å². The Morgan fingerprint density at radius 1 is 1.17 bits per heavy atom. The highest BCUT2D eigenvalue weighted by molar-refractivity contribution is 4.76. The van der Waals surface area contributed by atoms with Crippen LogP contribution in [0.4, 0.5) is 0 Å². The normalized spacial score (nSPS) is 31.0. The summed E-state index contributed by atoms with van der Waals surface area (Å²) in [5.74, 6) is 0.161. The average Bonchev–Trinajstić information content (AvgIpc) is 2.10. The Balaban J connectivity index is 2.45. The van der Waals surface area contributed by atoms with E-state index in [1.807, 2.05) is 0 Å². The number of aliphatic hydroxyl groups is 1. The topological polar surface area (TPSA) is 38.7 Å². The van der Waals surface area contributed by atoms with Crippen molar-refractivity contribution in [3.8, 4) is 0 Å². The Bertz CT molecular complexity index is 123. The lowest BCUT2D eigenvalue weighted by atomic mass is 9.86. The fourth-order valence-corrected chi connectivity index (χ4v) is 1.90. The van der Waals surface area contributed by atoms with E-state index in [9.17, 15) is 5.11 Å². The number of hydrogen-bond donors (Lipinski definition) is 1. The van der Waals surface area contributed by atoms with E-state index in [4.69, 9.17) is 9.47 Å². The van der Waals surface area contributed by atoms with Gasteiger partial charge in [0.25, 0.3) is 0 Å². The van der Waals surface area contributed by atoms with Gasteiger partial charge in [0, 0.05) is 20.1 Å². The van der Waals surface area contributed by atoms with Gasteiger partial charge in [-0.05, 0) is 12.8 Å². The molecule has 0 aliphatic heterocycles. The van der Waals surface area contributed by atoms with Crippen LogP contribution in [0.15, 0.2) is 0 Å². The van der Waals surface area contributed by atoms with E-state index in [2.05, 4.69) is 0 Å². The molecule has 1 fully saturated rings. The van der Waals surface area contributed by atoms with Crippen LogP contribution in [0, 0.1) is 5.92 Å². The minimum absolute atomic E-state index is 0.161. The summed E-state index contributed by atoms with van der Waals surface area (Å²) in [7, 11) is 3.24. The van der Waals surface area contributed by atoms with E-state index in [-0.39, 0.29) is 18.3 Å². The van der Waals surface area contributed by atoms with E-state index in [0.29, 0.717) is 0 Å². The molecule has 0 spiro atoms. The van der Waals surface area contributed by atoms with Gasteiger partial charge >= 0.3 is 0 Å². The first kappa shape index (κ1) is 9.96. The second kappa shape index (κ2) is 4.80. The molecule has 72 valence electrons. The molecule has 1 aliphatic carbocycles. The molecule has 0 aromatic heterocycles. The molecule has 1 aliphatic rings. The van der Waals surface area contributed by atoms with Gasteiger partial charge in [-0.2, -0.15) is 0 Å². The van der Waals surface area contributed by atoms with Crippen molar-refractivity contribution < 1.29 is 14.6 Å². The highest BCUT2D eigenvalue weighted by Crippen LogP contribution is 2.28. The van der Waals surface area contributed by atoms with Gasteiger partial charge < -0.3 is 14.6 Å². The van der Waals surface area contributed by atoms with Crippen molar-refractivity contribution in [2.75, 3.05) is 14.2 Å². The van der Waals surface area contributed by atoms with Gasteiger partial charge in [0.2, 0.25) is 0 Å². The molecule has 0 aromatic carbocycles. The van der Waals surface area contributed by atoms with Gasteiger partial charge in [-0.1, -0.05) is 12.8 Å². The van der Waals surface area contributed by atoms with Crippen LogP contribution in [-0.4, -0.2) is 31.7 Å². The van der Waals surface area contributed by atoms with Gasteiger partial charge in [0.05, 0.1) is 6.10 Å². The van der Waals surface area contributed by atoms with E-state index >= 15 is 0 Å². The van der Waals surface area contributed by atoms with Crippen molar-refractivity contribution in [2.45, 2.75) is 38.1 Å². The fourth-order valence-electron chi connectivity index (χ4n) is 1.90. The summed E-state index contributed by atoms with van der Waals surface area (Å²) < 4.78 is 10.3. The molecule has 3 heteroatoms. The van der Waals surface area contributed by atoms with Crippen molar-refractivity contribution in [1.29, 1.82) is 0 Å². The Kier molecular flexibility index (Phi) is 3.98. The fraction of sp³-hybridized carbons (Fsp3) is 1.00. The SMILES string of the molecule is COC(OC)[C@H]1CCCC[C@@H]1O. The minimum atomic E-state index is -0.247. The predicted octanol–water partition coefficient (Wildman–Crippen LogP) is 1.16. The van der Waals surface area contributed by atoms with Crippen LogP contribution >= 0.6 is 0 Å². The second-order valence-electron chi connectivity index (χ2n) is 3.36. The molecule has 0 amide bonds. The smallest absolute Gasteiger partial charge is 0.162 e. The molecule has 2 atom stereocenters. The molecule has 0 unspecified atom stereocenters. The number of rotatable bonds is 3. The maximum absolute atomic E-state index is 9.64. The Labute approximate surface area is 73.7 Å². The van der Waals surface area contributed by atoms with E-state index in [1.54, 1.807) is 14.2 Å². The molecule has 12 heavy (non-hydrogen) atoms. The van der Waals surface area contributed by atoms with Crippen molar-refractivity contribution in [1.82, 2.24) is 0 Å². The molecular weight excluding hydrogens is 156 g/mol. The maximum Gasteiger partial charge on any atom is 0.162 e. The molecule has 1 N–H and O–H groups in total. The summed E-state index contributed by atoms with van der Waals surface area (Å²) >= 11 is 0. The van der Waals surface area contributed by atoms with Crippen LogP contribution in [0.1, 0.15) is 25.7 Å². The van der Waals surface area contributed by atoms with Gasteiger partial charge in [0.1, 0.15) is 0 Å². The summed E-state index contributed by atoms with van der Waals surface area (Å²) in [5.41, 5.74) is 0. The first-order valence-corrected chi connectivity index (χ1v) is 4.53. The van der Waals surface area contributed by atoms with Crippen LogP contribution in [-0.2, 0) is 9.47 Å². The summed E-state index contributed by atoms with van der Waals surface area (Å²) in [4.78, 5) is 0. The Morgan fingerprint density at radius 3 is 2.25 bits per heavy atom. The van der Waals surface area contributed by atoms with Crippen molar-refractivity contribution >= 4 is 0 Å². The van der Waals surface area contributed by atoms with E-state index in [0.717, 1.165) is 19.3 Å². The Morgan fingerprint density at radius 2 is 1.75 bits per heavy atom. The summed E-state index contributed by atoms with van der Waals surface area (Å²) in [6.45, 7) is 0. The molecule has 0 bridgehead atoms.